The van der Waals surface area contributed by atoms with E-state index in [0.29, 0.717) is 11.4 Å². The highest BCUT2D eigenvalue weighted by molar-refractivity contribution is 5.76. The quantitative estimate of drug-likeness (QED) is 0.417. The summed E-state index contributed by atoms with van der Waals surface area (Å²) >= 11 is 0. The van der Waals surface area contributed by atoms with E-state index in [1.165, 1.54) is 0 Å². The van der Waals surface area contributed by atoms with Crippen molar-refractivity contribution in [3.05, 3.63) is 97.1 Å². The van der Waals surface area contributed by atoms with Crippen molar-refractivity contribution < 1.29 is 9.47 Å². The second-order valence-electron chi connectivity index (χ2n) is 6.33. The normalized spacial score (nSPS) is 10.4. The molecule has 0 atom stereocenters. The Kier molecular flexibility index (Phi) is 4.85. The predicted molar refractivity (Wildman–Crippen MR) is 114 cm³/mol. The first-order valence-electron chi connectivity index (χ1n) is 8.94. The van der Waals surface area contributed by atoms with Gasteiger partial charge < -0.3 is 20.9 Å². The summed E-state index contributed by atoms with van der Waals surface area (Å²) in [6.07, 6.45) is 0. The Morgan fingerprint density at radius 3 is 1.18 bits per heavy atom. The van der Waals surface area contributed by atoms with E-state index in [9.17, 15) is 0 Å². The van der Waals surface area contributed by atoms with Crippen molar-refractivity contribution in [3.63, 3.8) is 0 Å². The molecule has 138 valence electrons. The van der Waals surface area contributed by atoms with Crippen LogP contribution in [0.25, 0.3) is 11.1 Å². The molecule has 0 heterocycles. The van der Waals surface area contributed by atoms with Crippen molar-refractivity contribution in [1.82, 2.24) is 0 Å². The third-order valence-corrected chi connectivity index (χ3v) is 4.28. The molecule has 0 aliphatic rings. The van der Waals surface area contributed by atoms with Crippen LogP contribution in [0.2, 0.25) is 0 Å². The number of nitrogen functional groups attached to an aromatic ring is 2. The standard InChI is InChI=1S/C24H20N2O2/c25-17-9-13-19(14-10-17)27-23-7-3-1-5-21(23)22-6-2-4-8-24(22)28-20-15-11-18(26)12-16-20/h1-16H,25-26H2. The van der Waals surface area contributed by atoms with Crippen LogP contribution < -0.4 is 20.9 Å². The molecule has 0 aliphatic carbocycles. The highest BCUT2D eigenvalue weighted by Gasteiger charge is 2.12. The Morgan fingerprint density at radius 1 is 0.429 bits per heavy atom. The van der Waals surface area contributed by atoms with Crippen LogP contribution in [0.5, 0.6) is 23.0 Å². The van der Waals surface area contributed by atoms with Crippen LogP contribution in [0.4, 0.5) is 11.4 Å². The molecule has 4 aromatic carbocycles. The minimum atomic E-state index is 0.697. The maximum absolute atomic E-state index is 6.11. The number of anilines is 2. The molecule has 28 heavy (non-hydrogen) atoms. The van der Waals surface area contributed by atoms with Gasteiger partial charge in [-0.2, -0.15) is 0 Å². The van der Waals surface area contributed by atoms with E-state index in [-0.39, 0.29) is 0 Å². The first kappa shape index (κ1) is 17.5. The molecule has 4 rings (SSSR count). The summed E-state index contributed by atoms with van der Waals surface area (Å²) in [6, 6.07) is 30.4. The Balaban J connectivity index is 1.69. The number of hydrogen-bond donors (Lipinski definition) is 2. The van der Waals surface area contributed by atoms with Gasteiger partial charge in [0.2, 0.25) is 0 Å². The number of nitrogens with two attached hydrogens (primary N) is 2. The lowest BCUT2D eigenvalue weighted by molar-refractivity contribution is 0.477. The van der Waals surface area contributed by atoms with Crippen LogP contribution in [-0.2, 0) is 0 Å². The minimum Gasteiger partial charge on any atom is -0.457 e. The molecule has 0 aliphatic heterocycles. The summed E-state index contributed by atoms with van der Waals surface area (Å²) in [6.45, 7) is 0. The van der Waals surface area contributed by atoms with Crippen molar-refractivity contribution in [2.75, 3.05) is 11.5 Å². The average molecular weight is 368 g/mol. The van der Waals surface area contributed by atoms with Crippen molar-refractivity contribution in [1.29, 1.82) is 0 Å². The van der Waals surface area contributed by atoms with Gasteiger partial charge in [0, 0.05) is 22.5 Å². The van der Waals surface area contributed by atoms with Crippen molar-refractivity contribution in [2.24, 2.45) is 0 Å². The van der Waals surface area contributed by atoms with Gasteiger partial charge in [-0.25, -0.2) is 0 Å². The molecular weight excluding hydrogens is 348 g/mol. The van der Waals surface area contributed by atoms with Crippen molar-refractivity contribution in [2.45, 2.75) is 0 Å². The van der Waals surface area contributed by atoms with Gasteiger partial charge in [-0.05, 0) is 60.7 Å². The molecule has 0 spiro atoms. The maximum atomic E-state index is 6.11. The number of rotatable bonds is 5. The van der Waals surface area contributed by atoms with E-state index in [2.05, 4.69) is 0 Å². The Morgan fingerprint density at radius 2 is 0.786 bits per heavy atom. The number of ether oxygens (including phenoxy) is 2. The van der Waals surface area contributed by atoms with E-state index >= 15 is 0 Å². The summed E-state index contributed by atoms with van der Waals surface area (Å²) < 4.78 is 12.2. The lowest BCUT2D eigenvalue weighted by Gasteiger charge is -2.15. The maximum Gasteiger partial charge on any atom is 0.135 e. The number of hydrogen-bond acceptors (Lipinski definition) is 4. The molecule has 0 unspecified atom stereocenters. The number of benzene rings is 4. The van der Waals surface area contributed by atoms with Crippen LogP contribution in [0.1, 0.15) is 0 Å². The monoisotopic (exact) mass is 368 g/mol. The van der Waals surface area contributed by atoms with Gasteiger partial charge in [-0.1, -0.05) is 36.4 Å². The highest BCUT2D eigenvalue weighted by atomic mass is 16.5. The summed E-state index contributed by atoms with van der Waals surface area (Å²) in [4.78, 5) is 0. The Labute approximate surface area is 164 Å². The second kappa shape index (κ2) is 7.76. The first-order valence-corrected chi connectivity index (χ1v) is 8.94. The SMILES string of the molecule is Nc1ccc(Oc2ccccc2-c2ccccc2Oc2ccc(N)cc2)cc1. The molecule has 0 aromatic heterocycles. The lowest BCUT2D eigenvalue weighted by atomic mass is 10.0. The highest BCUT2D eigenvalue weighted by Crippen LogP contribution is 2.39. The molecule has 0 bridgehead atoms. The van der Waals surface area contributed by atoms with E-state index < -0.39 is 0 Å². The third kappa shape index (κ3) is 3.91. The second-order valence-corrected chi connectivity index (χ2v) is 6.33. The lowest BCUT2D eigenvalue weighted by Crippen LogP contribution is -1.92. The van der Waals surface area contributed by atoms with E-state index in [1.54, 1.807) is 0 Å². The van der Waals surface area contributed by atoms with E-state index in [4.69, 9.17) is 20.9 Å². The fraction of sp³-hybridized carbons (Fsp3) is 0. The van der Waals surface area contributed by atoms with Crippen molar-refractivity contribution >= 4 is 11.4 Å². The molecule has 0 fully saturated rings. The van der Waals surface area contributed by atoms with Gasteiger partial charge in [0.1, 0.15) is 23.0 Å². The Bertz CT molecular complexity index is 985. The fourth-order valence-corrected chi connectivity index (χ4v) is 2.88. The van der Waals surface area contributed by atoms with Crippen LogP contribution in [0, 0.1) is 0 Å². The van der Waals surface area contributed by atoms with Gasteiger partial charge in [0.25, 0.3) is 0 Å². The third-order valence-electron chi connectivity index (χ3n) is 4.28. The molecule has 0 saturated heterocycles. The van der Waals surface area contributed by atoms with Crippen LogP contribution in [-0.4, -0.2) is 0 Å². The van der Waals surface area contributed by atoms with Crippen molar-refractivity contribution in [3.8, 4) is 34.1 Å². The van der Waals surface area contributed by atoms with E-state index in [0.717, 1.165) is 34.1 Å². The smallest absolute Gasteiger partial charge is 0.135 e. The van der Waals surface area contributed by atoms with Crippen LogP contribution >= 0.6 is 0 Å². The van der Waals surface area contributed by atoms with Gasteiger partial charge >= 0.3 is 0 Å². The zero-order chi connectivity index (χ0) is 19.3. The zero-order valence-corrected chi connectivity index (χ0v) is 15.2. The summed E-state index contributed by atoms with van der Waals surface area (Å²) in [5, 5.41) is 0. The predicted octanol–water partition coefficient (Wildman–Crippen LogP) is 6.10. The van der Waals surface area contributed by atoms with Crippen LogP contribution in [0.15, 0.2) is 97.1 Å². The van der Waals surface area contributed by atoms with Gasteiger partial charge in [-0.15, -0.1) is 0 Å². The Hall–Kier alpha value is -3.92. The topological polar surface area (TPSA) is 70.5 Å². The average Bonchev–Trinajstić information content (AvgIpc) is 2.72. The summed E-state index contributed by atoms with van der Waals surface area (Å²) in [5.74, 6) is 2.92. The summed E-state index contributed by atoms with van der Waals surface area (Å²) in [7, 11) is 0. The zero-order valence-electron chi connectivity index (χ0n) is 15.2. The molecule has 4 heteroatoms. The number of para-hydroxylation sites is 2. The minimum absolute atomic E-state index is 0.697. The first-order chi connectivity index (χ1) is 13.7. The molecule has 4 nitrogen and oxygen atoms in total. The summed E-state index contributed by atoms with van der Waals surface area (Å²) in [5.41, 5.74) is 14.8. The molecule has 0 radical (unpaired) electrons. The van der Waals surface area contributed by atoms with Gasteiger partial charge in [0.05, 0.1) is 0 Å². The largest absolute Gasteiger partial charge is 0.457 e. The van der Waals surface area contributed by atoms with Gasteiger partial charge in [0.15, 0.2) is 0 Å². The molecule has 0 amide bonds. The molecular formula is C24H20N2O2. The fourth-order valence-electron chi connectivity index (χ4n) is 2.88. The van der Waals surface area contributed by atoms with Crippen LogP contribution in [0.3, 0.4) is 0 Å². The molecule has 4 N–H and O–H groups in total. The molecule has 4 aromatic rings. The van der Waals surface area contributed by atoms with E-state index in [1.807, 2.05) is 97.1 Å². The molecule has 0 saturated carbocycles. The van der Waals surface area contributed by atoms with Gasteiger partial charge in [-0.3, -0.25) is 0 Å².